The molecule has 1 N–H and O–H groups in total. The maximum absolute atomic E-state index is 5.62. The van der Waals surface area contributed by atoms with E-state index in [9.17, 15) is 0 Å². The molecule has 1 rings (SSSR count). The molecule has 1 aromatic rings. The van der Waals surface area contributed by atoms with Gasteiger partial charge in [0.1, 0.15) is 5.75 Å². The SMILES string of the molecule is CC(CN(C)C)NCc1ccc(OC(C)C)cc1. The third-order valence-electron chi connectivity index (χ3n) is 2.59. The van der Waals surface area contributed by atoms with Crippen LogP contribution in [0.5, 0.6) is 5.75 Å². The van der Waals surface area contributed by atoms with E-state index >= 15 is 0 Å². The topological polar surface area (TPSA) is 24.5 Å². The Hall–Kier alpha value is -1.06. The third kappa shape index (κ3) is 6.03. The average Bonchev–Trinajstić information content (AvgIpc) is 2.26. The van der Waals surface area contributed by atoms with Gasteiger partial charge in [-0.1, -0.05) is 12.1 Å². The molecule has 0 aliphatic carbocycles. The van der Waals surface area contributed by atoms with Crippen LogP contribution >= 0.6 is 0 Å². The molecule has 0 radical (unpaired) electrons. The molecule has 1 atom stereocenters. The Labute approximate surface area is 111 Å². The fourth-order valence-corrected chi connectivity index (χ4v) is 1.86. The summed E-state index contributed by atoms with van der Waals surface area (Å²) in [5.41, 5.74) is 1.29. The zero-order chi connectivity index (χ0) is 13.5. The number of nitrogens with one attached hydrogen (secondary N) is 1. The van der Waals surface area contributed by atoms with E-state index in [2.05, 4.69) is 43.4 Å². The summed E-state index contributed by atoms with van der Waals surface area (Å²) < 4.78 is 5.62. The summed E-state index contributed by atoms with van der Waals surface area (Å²) in [6, 6.07) is 8.80. The number of rotatable bonds is 7. The molecular formula is C15H26N2O. The first-order chi connectivity index (χ1) is 8.47. The van der Waals surface area contributed by atoms with E-state index in [0.717, 1.165) is 18.8 Å². The zero-order valence-corrected chi connectivity index (χ0v) is 12.2. The second-order valence-electron chi connectivity index (χ2n) is 5.35. The molecule has 0 saturated carbocycles. The van der Waals surface area contributed by atoms with Crippen molar-refractivity contribution in [2.45, 2.75) is 39.5 Å². The van der Waals surface area contributed by atoms with E-state index in [1.807, 2.05) is 26.0 Å². The molecule has 3 heteroatoms. The molecule has 102 valence electrons. The van der Waals surface area contributed by atoms with Crippen LogP contribution in [-0.4, -0.2) is 37.7 Å². The summed E-state index contributed by atoms with van der Waals surface area (Å²) in [5, 5.41) is 3.51. The normalized spacial score (nSPS) is 13.1. The highest BCUT2D eigenvalue weighted by molar-refractivity contribution is 5.27. The lowest BCUT2D eigenvalue weighted by atomic mass is 10.2. The Bertz CT molecular complexity index is 333. The van der Waals surface area contributed by atoms with E-state index in [1.165, 1.54) is 5.56 Å². The van der Waals surface area contributed by atoms with Gasteiger partial charge in [0.15, 0.2) is 0 Å². The van der Waals surface area contributed by atoms with Gasteiger partial charge in [-0.05, 0) is 52.6 Å². The summed E-state index contributed by atoms with van der Waals surface area (Å²) >= 11 is 0. The highest BCUT2D eigenvalue weighted by atomic mass is 16.5. The zero-order valence-electron chi connectivity index (χ0n) is 12.2. The number of nitrogens with zero attached hydrogens (tertiary/aromatic N) is 1. The van der Waals surface area contributed by atoms with Crippen LogP contribution in [0.15, 0.2) is 24.3 Å². The van der Waals surface area contributed by atoms with Gasteiger partial charge in [-0.15, -0.1) is 0 Å². The minimum absolute atomic E-state index is 0.231. The van der Waals surface area contributed by atoms with Gasteiger partial charge in [0.05, 0.1) is 6.10 Å². The summed E-state index contributed by atoms with van der Waals surface area (Å²) in [6.45, 7) is 8.23. The number of ether oxygens (including phenoxy) is 1. The fourth-order valence-electron chi connectivity index (χ4n) is 1.86. The molecular weight excluding hydrogens is 224 g/mol. The lowest BCUT2D eigenvalue weighted by Crippen LogP contribution is -2.35. The largest absolute Gasteiger partial charge is 0.491 e. The number of hydrogen-bond acceptors (Lipinski definition) is 3. The first-order valence-electron chi connectivity index (χ1n) is 6.61. The molecule has 0 saturated heterocycles. The van der Waals surface area contributed by atoms with Crippen LogP contribution < -0.4 is 10.1 Å². The molecule has 0 aromatic heterocycles. The number of hydrogen-bond donors (Lipinski definition) is 1. The molecule has 0 bridgehead atoms. The standard InChI is InChI=1S/C15H26N2O/c1-12(2)18-15-8-6-14(7-9-15)10-16-13(3)11-17(4)5/h6-9,12-13,16H,10-11H2,1-5H3. The highest BCUT2D eigenvalue weighted by Gasteiger charge is 2.03. The van der Waals surface area contributed by atoms with Gasteiger partial charge in [0.25, 0.3) is 0 Å². The molecule has 0 heterocycles. The van der Waals surface area contributed by atoms with Crippen molar-refractivity contribution < 1.29 is 4.74 Å². The van der Waals surface area contributed by atoms with Crippen LogP contribution in [0, 0.1) is 0 Å². The van der Waals surface area contributed by atoms with Crippen LogP contribution in [0.3, 0.4) is 0 Å². The summed E-state index contributed by atoms with van der Waals surface area (Å²) in [4.78, 5) is 2.19. The first-order valence-corrected chi connectivity index (χ1v) is 6.61. The lowest BCUT2D eigenvalue weighted by Gasteiger charge is -2.18. The Morgan fingerprint density at radius 3 is 2.22 bits per heavy atom. The van der Waals surface area contributed by atoms with Crippen molar-refractivity contribution in [2.24, 2.45) is 0 Å². The van der Waals surface area contributed by atoms with Crippen molar-refractivity contribution in [3.05, 3.63) is 29.8 Å². The molecule has 0 aliphatic heterocycles. The van der Waals surface area contributed by atoms with E-state index in [1.54, 1.807) is 0 Å². The Morgan fingerprint density at radius 1 is 1.11 bits per heavy atom. The Morgan fingerprint density at radius 2 is 1.72 bits per heavy atom. The molecule has 0 amide bonds. The van der Waals surface area contributed by atoms with Crippen molar-refractivity contribution in [1.29, 1.82) is 0 Å². The van der Waals surface area contributed by atoms with Gasteiger partial charge in [-0.2, -0.15) is 0 Å². The molecule has 3 nitrogen and oxygen atoms in total. The quantitative estimate of drug-likeness (QED) is 0.805. The summed E-state index contributed by atoms with van der Waals surface area (Å²) in [7, 11) is 4.19. The van der Waals surface area contributed by atoms with E-state index in [4.69, 9.17) is 4.74 Å². The predicted molar refractivity (Wildman–Crippen MR) is 77.1 cm³/mol. The molecule has 1 unspecified atom stereocenters. The van der Waals surface area contributed by atoms with Gasteiger partial charge in [-0.25, -0.2) is 0 Å². The summed E-state index contributed by atoms with van der Waals surface area (Å²) in [6.07, 6.45) is 0.231. The highest BCUT2D eigenvalue weighted by Crippen LogP contribution is 2.13. The maximum atomic E-state index is 5.62. The van der Waals surface area contributed by atoms with Crippen molar-refractivity contribution in [3.8, 4) is 5.75 Å². The van der Waals surface area contributed by atoms with Crippen molar-refractivity contribution in [2.75, 3.05) is 20.6 Å². The van der Waals surface area contributed by atoms with E-state index in [-0.39, 0.29) is 6.10 Å². The van der Waals surface area contributed by atoms with E-state index in [0.29, 0.717) is 6.04 Å². The second kappa shape index (κ2) is 7.39. The second-order valence-corrected chi connectivity index (χ2v) is 5.35. The van der Waals surface area contributed by atoms with Gasteiger partial charge >= 0.3 is 0 Å². The third-order valence-corrected chi connectivity index (χ3v) is 2.59. The minimum atomic E-state index is 0.231. The molecule has 0 fully saturated rings. The van der Waals surface area contributed by atoms with Crippen LogP contribution in [-0.2, 0) is 6.54 Å². The van der Waals surface area contributed by atoms with Crippen LogP contribution in [0.4, 0.5) is 0 Å². The van der Waals surface area contributed by atoms with Crippen molar-refractivity contribution in [1.82, 2.24) is 10.2 Å². The Kier molecular flexibility index (Phi) is 6.16. The lowest BCUT2D eigenvalue weighted by molar-refractivity contribution is 0.242. The maximum Gasteiger partial charge on any atom is 0.119 e. The van der Waals surface area contributed by atoms with Gasteiger partial charge < -0.3 is 15.0 Å². The van der Waals surface area contributed by atoms with Crippen molar-refractivity contribution in [3.63, 3.8) is 0 Å². The van der Waals surface area contributed by atoms with Crippen LogP contribution in [0.1, 0.15) is 26.3 Å². The molecule has 0 aliphatic rings. The first kappa shape index (κ1) is 15.0. The average molecular weight is 250 g/mol. The van der Waals surface area contributed by atoms with Crippen LogP contribution in [0.2, 0.25) is 0 Å². The number of benzene rings is 1. The van der Waals surface area contributed by atoms with Crippen molar-refractivity contribution >= 4 is 0 Å². The van der Waals surface area contributed by atoms with Gasteiger partial charge in [-0.3, -0.25) is 0 Å². The molecule has 0 spiro atoms. The molecule has 18 heavy (non-hydrogen) atoms. The smallest absolute Gasteiger partial charge is 0.119 e. The molecule has 1 aromatic carbocycles. The Balaban J connectivity index is 2.39. The minimum Gasteiger partial charge on any atom is -0.491 e. The van der Waals surface area contributed by atoms with Gasteiger partial charge in [0.2, 0.25) is 0 Å². The number of likely N-dealkylation sites (N-methyl/N-ethyl adjacent to an activating group) is 1. The van der Waals surface area contributed by atoms with E-state index < -0.39 is 0 Å². The van der Waals surface area contributed by atoms with Crippen LogP contribution in [0.25, 0.3) is 0 Å². The monoisotopic (exact) mass is 250 g/mol. The summed E-state index contributed by atoms with van der Waals surface area (Å²) in [5.74, 6) is 0.940. The van der Waals surface area contributed by atoms with Gasteiger partial charge in [0, 0.05) is 19.1 Å². The fraction of sp³-hybridized carbons (Fsp3) is 0.600. The predicted octanol–water partition coefficient (Wildman–Crippen LogP) is 2.51.